The van der Waals surface area contributed by atoms with E-state index in [4.69, 9.17) is 0 Å². The summed E-state index contributed by atoms with van der Waals surface area (Å²) in [6, 6.07) is 7.87. The van der Waals surface area contributed by atoms with Crippen LogP contribution in [0.2, 0.25) is 0 Å². The Kier molecular flexibility index (Phi) is 2.97. The number of benzene rings is 1. The number of likely N-dealkylation sites (N-methyl/N-ethyl adjacent to an activating group) is 1. The average Bonchev–Trinajstić information content (AvgIpc) is 2.49. The van der Waals surface area contributed by atoms with Gasteiger partial charge in [0.2, 0.25) is 0 Å². The fourth-order valence-electron chi connectivity index (χ4n) is 2.58. The Balaban J connectivity index is 2.58. The lowest BCUT2D eigenvalue weighted by Crippen LogP contribution is -2.47. The summed E-state index contributed by atoms with van der Waals surface area (Å²) < 4.78 is 0. The molecule has 3 heteroatoms. The van der Waals surface area contributed by atoms with Crippen molar-refractivity contribution in [3.8, 4) is 0 Å². The van der Waals surface area contributed by atoms with Crippen molar-refractivity contribution in [3.05, 3.63) is 35.4 Å². The van der Waals surface area contributed by atoms with Gasteiger partial charge in [-0.05, 0) is 37.4 Å². The first-order chi connectivity index (χ1) is 7.70. The van der Waals surface area contributed by atoms with Crippen LogP contribution in [0.25, 0.3) is 0 Å². The third-order valence-electron chi connectivity index (χ3n) is 3.52. The number of carbonyl (C=O) groups is 1. The molecule has 1 aromatic rings. The van der Waals surface area contributed by atoms with E-state index in [1.807, 2.05) is 24.3 Å². The highest BCUT2D eigenvalue weighted by molar-refractivity contribution is 5.81. The second-order valence-corrected chi connectivity index (χ2v) is 4.32. The molecule has 0 heterocycles. The van der Waals surface area contributed by atoms with E-state index in [2.05, 4.69) is 5.32 Å². The SMILES string of the molecule is CNC1(C(=O)O)CCCCc2ccccc21. The molecule has 0 radical (unpaired) electrons. The number of hydrogen-bond acceptors (Lipinski definition) is 2. The normalized spacial score (nSPS) is 24.6. The molecular weight excluding hydrogens is 202 g/mol. The molecule has 1 unspecified atom stereocenters. The van der Waals surface area contributed by atoms with Crippen LogP contribution in [-0.4, -0.2) is 18.1 Å². The Morgan fingerprint density at radius 1 is 1.38 bits per heavy atom. The third-order valence-corrected chi connectivity index (χ3v) is 3.52. The molecule has 0 bridgehead atoms. The highest BCUT2D eigenvalue weighted by atomic mass is 16.4. The summed E-state index contributed by atoms with van der Waals surface area (Å²) in [5, 5.41) is 12.5. The fraction of sp³-hybridized carbons (Fsp3) is 0.462. The van der Waals surface area contributed by atoms with E-state index in [0.29, 0.717) is 6.42 Å². The Bertz CT molecular complexity index is 403. The number of aryl methyl sites for hydroxylation is 1. The van der Waals surface area contributed by atoms with Gasteiger partial charge in [-0.3, -0.25) is 0 Å². The summed E-state index contributed by atoms with van der Waals surface area (Å²) in [6.07, 6.45) is 3.65. The van der Waals surface area contributed by atoms with E-state index < -0.39 is 11.5 Å². The first kappa shape index (κ1) is 11.1. The first-order valence-electron chi connectivity index (χ1n) is 5.71. The molecule has 0 aromatic heterocycles. The monoisotopic (exact) mass is 219 g/mol. The van der Waals surface area contributed by atoms with Gasteiger partial charge in [-0.2, -0.15) is 0 Å². The van der Waals surface area contributed by atoms with Crippen molar-refractivity contribution in [2.24, 2.45) is 0 Å². The number of hydrogen-bond donors (Lipinski definition) is 2. The predicted molar refractivity (Wildman–Crippen MR) is 62.4 cm³/mol. The Morgan fingerprint density at radius 3 is 2.81 bits per heavy atom. The third kappa shape index (κ3) is 1.61. The summed E-state index contributed by atoms with van der Waals surface area (Å²) in [5.41, 5.74) is 1.20. The van der Waals surface area contributed by atoms with Gasteiger partial charge in [-0.15, -0.1) is 0 Å². The van der Waals surface area contributed by atoms with Gasteiger partial charge in [0.05, 0.1) is 0 Å². The van der Waals surface area contributed by atoms with Gasteiger partial charge in [0, 0.05) is 0 Å². The largest absolute Gasteiger partial charge is 0.480 e. The highest BCUT2D eigenvalue weighted by Gasteiger charge is 2.40. The van der Waals surface area contributed by atoms with E-state index >= 15 is 0 Å². The van der Waals surface area contributed by atoms with Crippen molar-refractivity contribution in [3.63, 3.8) is 0 Å². The maximum atomic E-state index is 11.6. The lowest BCUT2D eigenvalue weighted by molar-refractivity contribution is -0.145. The van der Waals surface area contributed by atoms with Gasteiger partial charge >= 0.3 is 5.97 Å². The van der Waals surface area contributed by atoms with Crippen LogP contribution in [0, 0.1) is 0 Å². The summed E-state index contributed by atoms with van der Waals surface area (Å²) in [5.74, 6) is -0.774. The molecule has 1 aliphatic rings. The molecule has 1 aliphatic carbocycles. The van der Waals surface area contributed by atoms with Gasteiger partial charge in [-0.25, -0.2) is 4.79 Å². The Labute approximate surface area is 95.5 Å². The second kappa shape index (κ2) is 4.26. The van der Waals surface area contributed by atoms with E-state index in [1.165, 1.54) is 0 Å². The van der Waals surface area contributed by atoms with Crippen LogP contribution < -0.4 is 5.32 Å². The van der Waals surface area contributed by atoms with Crippen LogP contribution >= 0.6 is 0 Å². The number of nitrogens with one attached hydrogen (secondary N) is 1. The van der Waals surface area contributed by atoms with Crippen LogP contribution in [-0.2, 0) is 16.8 Å². The van der Waals surface area contributed by atoms with E-state index in [0.717, 1.165) is 30.4 Å². The number of carboxylic acid groups (broad SMARTS) is 1. The number of rotatable bonds is 2. The van der Waals surface area contributed by atoms with Gasteiger partial charge in [0.25, 0.3) is 0 Å². The van der Waals surface area contributed by atoms with E-state index in [-0.39, 0.29) is 0 Å². The van der Waals surface area contributed by atoms with Crippen LogP contribution in [0.1, 0.15) is 30.4 Å². The molecule has 3 nitrogen and oxygen atoms in total. The van der Waals surface area contributed by atoms with Crippen LogP contribution in [0.15, 0.2) is 24.3 Å². The van der Waals surface area contributed by atoms with Gasteiger partial charge < -0.3 is 10.4 Å². The molecule has 0 fully saturated rings. The molecule has 1 atom stereocenters. The molecule has 16 heavy (non-hydrogen) atoms. The molecule has 1 aromatic carbocycles. The van der Waals surface area contributed by atoms with Crippen molar-refractivity contribution in [1.29, 1.82) is 0 Å². The summed E-state index contributed by atoms with van der Waals surface area (Å²) >= 11 is 0. The quantitative estimate of drug-likeness (QED) is 0.747. The first-order valence-corrected chi connectivity index (χ1v) is 5.71. The predicted octanol–water partition coefficient (Wildman–Crippen LogP) is 1.91. The Morgan fingerprint density at radius 2 is 2.12 bits per heavy atom. The minimum absolute atomic E-state index is 0.663. The summed E-state index contributed by atoms with van der Waals surface area (Å²) in [4.78, 5) is 11.6. The summed E-state index contributed by atoms with van der Waals surface area (Å²) in [7, 11) is 1.73. The van der Waals surface area contributed by atoms with E-state index in [9.17, 15) is 9.90 Å². The topological polar surface area (TPSA) is 49.3 Å². The van der Waals surface area contributed by atoms with Gasteiger partial charge in [0.1, 0.15) is 5.54 Å². The molecule has 0 amide bonds. The lowest BCUT2D eigenvalue weighted by Gasteiger charge is -2.29. The molecule has 0 spiro atoms. The van der Waals surface area contributed by atoms with E-state index in [1.54, 1.807) is 7.05 Å². The summed E-state index contributed by atoms with van der Waals surface area (Å²) in [6.45, 7) is 0. The molecule has 2 rings (SSSR count). The molecule has 0 aliphatic heterocycles. The zero-order chi connectivity index (χ0) is 11.6. The van der Waals surface area contributed by atoms with Crippen LogP contribution in [0.4, 0.5) is 0 Å². The number of carboxylic acids is 1. The molecule has 86 valence electrons. The minimum Gasteiger partial charge on any atom is -0.480 e. The number of fused-ring (bicyclic) bond motifs is 1. The van der Waals surface area contributed by atoms with Crippen LogP contribution in [0.3, 0.4) is 0 Å². The smallest absolute Gasteiger partial charge is 0.328 e. The zero-order valence-electron chi connectivity index (χ0n) is 9.49. The molecule has 0 saturated carbocycles. The maximum absolute atomic E-state index is 11.6. The van der Waals surface area contributed by atoms with Crippen molar-refractivity contribution >= 4 is 5.97 Å². The fourth-order valence-corrected chi connectivity index (χ4v) is 2.58. The van der Waals surface area contributed by atoms with Crippen molar-refractivity contribution in [1.82, 2.24) is 5.32 Å². The minimum atomic E-state index is -0.896. The highest BCUT2D eigenvalue weighted by Crippen LogP contribution is 2.34. The molecular formula is C13H17NO2. The van der Waals surface area contributed by atoms with Crippen molar-refractivity contribution < 1.29 is 9.90 Å². The van der Waals surface area contributed by atoms with Crippen molar-refractivity contribution in [2.75, 3.05) is 7.05 Å². The standard InChI is InChI=1S/C13H17NO2/c1-14-13(12(15)16)9-5-4-7-10-6-2-3-8-11(10)13/h2-3,6,8,14H,4-5,7,9H2,1H3,(H,15,16). The number of aliphatic carboxylic acids is 1. The molecule has 2 N–H and O–H groups in total. The maximum Gasteiger partial charge on any atom is 0.328 e. The van der Waals surface area contributed by atoms with Crippen LogP contribution in [0.5, 0.6) is 0 Å². The lowest BCUT2D eigenvalue weighted by atomic mass is 9.84. The molecule has 0 saturated heterocycles. The Hall–Kier alpha value is -1.35. The average molecular weight is 219 g/mol. The van der Waals surface area contributed by atoms with Crippen molar-refractivity contribution in [2.45, 2.75) is 31.2 Å². The van der Waals surface area contributed by atoms with Gasteiger partial charge in [-0.1, -0.05) is 30.7 Å². The van der Waals surface area contributed by atoms with Gasteiger partial charge in [0.15, 0.2) is 0 Å². The zero-order valence-corrected chi connectivity index (χ0v) is 9.49. The second-order valence-electron chi connectivity index (χ2n) is 4.32.